The monoisotopic (exact) mass is 762 g/mol. The van der Waals surface area contributed by atoms with E-state index in [0.717, 1.165) is 38.8 Å². The zero-order valence-electron chi connectivity index (χ0n) is 34.9. The molecule has 8 aromatic carbocycles. The summed E-state index contributed by atoms with van der Waals surface area (Å²) in [6.45, 7) is 16.2. The van der Waals surface area contributed by atoms with Gasteiger partial charge < -0.3 is 14.2 Å². The molecule has 0 fully saturated rings. The molecule has 0 aliphatic carbocycles. The first-order valence-corrected chi connectivity index (χ1v) is 21.0. The number of hydrogen-bond acceptors (Lipinski definition) is 3. The van der Waals surface area contributed by atoms with Crippen LogP contribution in [0.3, 0.4) is 0 Å². The highest BCUT2D eigenvalue weighted by Gasteiger charge is 2.44. The van der Waals surface area contributed by atoms with Crippen LogP contribution in [0.25, 0.3) is 43.8 Å². The van der Waals surface area contributed by atoms with Gasteiger partial charge in [0, 0.05) is 50.5 Å². The fourth-order valence-electron chi connectivity index (χ4n) is 9.70. The van der Waals surface area contributed by atoms with Crippen molar-refractivity contribution in [1.82, 2.24) is 0 Å². The summed E-state index contributed by atoms with van der Waals surface area (Å²) in [5, 5.41) is 4.77. The van der Waals surface area contributed by atoms with E-state index >= 15 is 0 Å². The van der Waals surface area contributed by atoms with Crippen LogP contribution in [0.5, 0.6) is 0 Å². The third-order valence-corrected chi connectivity index (χ3v) is 12.8. The minimum absolute atomic E-state index is 0.00684. The molecule has 2 aliphatic rings. The van der Waals surface area contributed by atoms with E-state index in [1.54, 1.807) is 0 Å². The third-order valence-electron chi connectivity index (χ3n) is 12.8. The van der Waals surface area contributed by atoms with E-state index in [4.69, 9.17) is 4.42 Å². The Morgan fingerprint density at radius 3 is 1.71 bits per heavy atom. The number of furan rings is 1. The number of nitrogens with zero attached hydrogens (tertiary/aromatic N) is 2. The largest absolute Gasteiger partial charge is 0.455 e. The van der Waals surface area contributed by atoms with Crippen LogP contribution in [-0.2, 0) is 10.8 Å². The summed E-state index contributed by atoms with van der Waals surface area (Å²) in [6, 6.07) is 58.9. The Morgan fingerprint density at radius 1 is 0.475 bits per heavy atom. The molecule has 286 valence electrons. The molecule has 11 rings (SSSR count). The maximum atomic E-state index is 6.49. The lowest BCUT2D eigenvalue weighted by atomic mass is 9.33. The van der Waals surface area contributed by atoms with Crippen LogP contribution >= 0.6 is 0 Å². The summed E-state index contributed by atoms with van der Waals surface area (Å²) in [4.78, 5) is 5.08. The summed E-state index contributed by atoms with van der Waals surface area (Å²) in [5.41, 5.74) is 19.2. The molecule has 0 unspecified atom stereocenters. The molecule has 3 heterocycles. The molecule has 3 nitrogen and oxygen atoms in total. The number of hydrogen-bond donors (Lipinski definition) is 0. The van der Waals surface area contributed by atoms with Gasteiger partial charge in [0.1, 0.15) is 11.2 Å². The lowest BCUT2D eigenvalue weighted by molar-refractivity contribution is 0.590. The summed E-state index contributed by atoms with van der Waals surface area (Å²) in [6.07, 6.45) is 0. The summed E-state index contributed by atoms with van der Waals surface area (Å²) in [5.74, 6) is 0. The smallest absolute Gasteiger partial charge is 0.252 e. The Hall–Kier alpha value is -6.52. The van der Waals surface area contributed by atoms with Gasteiger partial charge in [0.25, 0.3) is 6.71 Å². The van der Waals surface area contributed by atoms with Crippen molar-refractivity contribution >= 4 is 89.9 Å². The minimum atomic E-state index is -0.0210. The standard InChI is InChI=1S/C55H47BN2O/c1-34-29-49-52-50(30-34)58(41-26-19-35-13-8-9-14-37(35)31-41)48-33-39(55(5,6)7)23-28-46(48)56(52)45-27-22-38(54(2,3)4)32-47(45)57(49)40-24-20-36(21-25-40)42-16-12-17-44-43-15-10-11-18-51(43)59-53(42)44/h8-33H,1-7H3. The number of fused-ring (bicyclic) bond motifs is 8. The molecule has 0 saturated carbocycles. The average molecular weight is 763 g/mol. The van der Waals surface area contributed by atoms with Crippen molar-refractivity contribution < 1.29 is 4.42 Å². The molecule has 0 spiro atoms. The molecule has 2 aliphatic heterocycles. The van der Waals surface area contributed by atoms with E-state index in [-0.39, 0.29) is 17.5 Å². The highest BCUT2D eigenvalue weighted by atomic mass is 16.3. The molecule has 59 heavy (non-hydrogen) atoms. The molecular formula is C55H47BN2O. The highest BCUT2D eigenvalue weighted by Crippen LogP contribution is 2.47. The zero-order valence-corrected chi connectivity index (χ0v) is 34.9. The Morgan fingerprint density at radius 2 is 1.05 bits per heavy atom. The summed E-state index contributed by atoms with van der Waals surface area (Å²) in [7, 11) is 0. The lowest BCUT2D eigenvalue weighted by Crippen LogP contribution is -2.61. The Bertz CT molecular complexity index is 3160. The molecule has 0 radical (unpaired) electrons. The normalized spacial score (nSPS) is 13.6. The van der Waals surface area contributed by atoms with Crippen LogP contribution in [0.1, 0.15) is 58.2 Å². The first-order chi connectivity index (χ1) is 28.4. The van der Waals surface area contributed by atoms with Gasteiger partial charge in [-0.1, -0.05) is 145 Å². The van der Waals surface area contributed by atoms with Crippen molar-refractivity contribution in [3.8, 4) is 11.1 Å². The lowest BCUT2D eigenvalue weighted by Gasteiger charge is -2.45. The van der Waals surface area contributed by atoms with Crippen LogP contribution in [0, 0.1) is 6.92 Å². The summed E-state index contributed by atoms with van der Waals surface area (Å²) >= 11 is 0. The van der Waals surface area contributed by atoms with Crippen molar-refractivity contribution in [2.75, 3.05) is 9.80 Å². The van der Waals surface area contributed by atoms with Gasteiger partial charge in [0.15, 0.2) is 0 Å². The second kappa shape index (κ2) is 12.7. The maximum absolute atomic E-state index is 6.49. The van der Waals surface area contributed by atoms with Gasteiger partial charge in [0.05, 0.1) is 0 Å². The van der Waals surface area contributed by atoms with Crippen molar-refractivity contribution in [3.05, 3.63) is 174 Å². The van der Waals surface area contributed by atoms with Crippen LogP contribution in [0.2, 0.25) is 0 Å². The zero-order chi connectivity index (χ0) is 40.4. The predicted molar refractivity (Wildman–Crippen MR) is 253 cm³/mol. The highest BCUT2D eigenvalue weighted by molar-refractivity contribution is 7.00. The van der Waals surface area contributed by atoms with Crippen molar-refractivity contribution in [2.45, 2.75) is 59.3 Å². The SMILES string of the molecule is Cc1cc2c3c(c1)N(c1ccc4ccccc4c1)c1cc(C(C)(C)C)ccc1B3c1ccc(C(C)(C)C)cc1N2c1ccc(-c2cccc3c2oc2ccccc23)cc1. The van der Waals surface area contributed by atoms with Gasteiger partial charge in [-0.15, -0.1) is 0 Å². The molecule has 4 heteroatoms. The van der Waals surface area contributed by atoms with E-state index < -0.39 is 0 Å². The molecule has 0 bridgehead atoms. The number of rotatable bonds is 3. The van der Waals surface area contributed by atoms with Crippen molar-refractivity contribution in [2.24, 2.45) is 0 Å². The number of para-hydroxylation sites is 2. The quantitative estimate of drug-likeness (QED) is 0.167. The van der Waals surface area contributed by atoms with Gasteiger partial charge >= 0.3 is 0 Å². The van der Waals surface area contributed by atoms with Crippen molar-refractivity contribution in [1.29, 1.82) is 0 Å². The molecule has 0 atom stereocenters. The first kappa shape index (κ1) is 35.6. The molecular weight excluding hydrogens is 715 g/mol. The van der Waals surface area contributed by atoms with E-state index in [0.29, 0.717) is 0 Å². The van der Waals surface area contributed by atoms with Crippen LogP contribution in [0.15, 0.2) is 162 Å². The van der Waals surface area contributed by atoms with Gasteiger partial charge in [0.2, 0.25) is 0 Å². The fraction of sp³-hybridized carbons (Fsp3) is 0.164. The molecule has 9 aromatic rings. The second-order valence-corrected chi connectivity index (χ2v) is 18.7. The number of anilines is 6. The van der Waals surface area contributed by atoms with Gasteiger partial charge in [-0.05, 0) is 122 Å². The van der Waals surface area contributed by atoms with Gasteiger partial charge in [-0.25, -0.2) is 0 Å². The molecule has 0 amide bonds. The van der Waals surface area contributed by atoms with Gasteiger partial charge in [-0.2, -0.15) is 0 Å². The maximum Gasteiger partial charge on any atom is 0.252 e. The second-order valence-electron chi connectivity index (χ2n) is 18.7. The third kappa shape index (κ3) is 5.57. The van der Waals surface area contributed by atoms with E-state index in [1.165, 1.54) is 72.3 Å². The minimum Gasteiger partial charge on any atom is -0.455 e. The van der Waals surface area contributed by atoms with Crippen LogP contribution in [0.4, 0.5) is 34.1 Å². The topological polar surface area (TPSA) is 19.6 Å². The number of benzene rings is 8. The van der Waals surface area contributed by atoms with Gasteiger partial charge in [-0.3, -0.25) is 0 Å². The van der Waals surface area contributed by atoms with E-state index in [1.807, 2.05) is 6.07 Å². The Kier molecular flexibility index (Phi) is 7.69. The Balaban J connectivity index is 1.15. The van der Waals surface area contributed by atoms with Crippen LogP contribution < -0.4 is 26.2 Å². The number of aryl methyl sites for hydroxylation is 1. The van der Waals surface area contributed by atoms with Crippen molar-refractivity contribution in [3.63, 3.8) is 0 Å². The van der Waals surface area contributed by atoms with Crippen LogP contribution in [-0.4, -0.2) is 6.71 Å². The molecule has 0 N–H and O–H groups in total. The average Bonchev–Trinajstić information content (AvgIpc) is 3.61. The van der Waals surface area contributed by atoms with E-state index in [9.17, 15) is 0 Å². The predicted octanol–water partition coefficient (Wildman–Crippen LogP) is 13.4. The first-order valence-electron chi connectivity index (χ1n) is 21.0. The molecule has 0 saturated heterocycles. The Labute approximate surface area is 347 Å². The van der Waals surface area contributed by atoms with E-state index in [2.05, 4.69) is 210 Å². The molecule has 1 aromatic heterocycles. The summed E-state index contributed by atoms with van der Waals surface area (Å²) < 4.78 is 6.49. The fourth-order valence-corrected chi connectivity index (χ4v) is 9.70.